The third kappa shape index (κ3) is 4.53. The Labute approximate surface area is 105 Å². The van der Waals surface area contributed by atoms with Crippen LogP contribution in [0.5, 0.6) is 0 Å². The zero-order chi connectivity index (χ0) is 13.5. The third-order valence-corrected chi connectivity index (χ3v) is 2.30. The smallest absolute Gasteiger partial charge is 0.328 e. The van der Waals surface area contributed by atoms with Gasteiger partial charge in [0, 0.05) is 13.3 Å². The molecule has 98 valence electrons. The average molecular weight is 253 g/mol. The highest BCUT2D eigenvalue weighted by Crippen LogP contribution is 2.07. The fraction of sp³-hybridized carbons (Fsp3) is 0.385. The highest BCUT2D eigenvalue weighted by Gasteiger charge is 2.20. The summed E-state index contributed by atoms with van der Waals surface area (Å²) in [6.07, 6.45) is 0.276. The minimum atomic E-state index is -0.743. The molecule has 1 rings (SSSR count). The number of rotatable bonds is 5. The number of carbonyl (C=O) groups excluding carboxylic acids is 2. The first-order valence-electron chi connectivity index (χ1n) is 5.71. The van der Waals surface area contributed by atoms with Crippen LogP contribution in [0.2, 0.25) is 0 Å². The molecular weight excluding hydrogens is 237 g/mol. The van der Waals surface area contributed by atoms with E-state index in [1.165, 1.54) is 19.1 Å². The van der Waals surface area contributed by atoms with Gasteiger partial charge in [-0.05, 0) is 24.6 Å². The number of nitrogens with one attached hydrogen (secondary N) is 1. The molecule has 0 aliphatic rings. The second kappa shape index (κ2) is 6.74. The summed E-state index contributed by atoms with van der Waals surface area (Å²) < 4.78 is 17.6. The normalized spacial score (nSPS) is 11.7. The standard InChI is InChI=1S/C13H16FNO3/c1-3-18-13(17)12(15-9(2)16)8-10-4-6-11(14)7-5-10/h4-7,12H,3,8H2,1-2H3,(H,15,16)/t12-/m0/s1. The molecule has 0 aliphatic carbocycles. The topological polar surface area (TPSA) is 55.4 Å². The van der Waals surface area contributed by atoms with Gasteiger partial charge in [0.05, 0.1) is 6.61 Å². The van der Waals surface area contributed by atoms with E-state index < -0.39 is 12.0 Å². The SMILES string of the molecule is CCOC(=O)[C@H](Cc1ccc(F)cc1)NC(C)=O. The highest BCUT2D eigenvalue weighted by molar-refractivity contribution is 5.83. The first-order valence-corrected chi connectivity index (χ1v) is 5.71. The summed E-state index contributed by atoms with van der Waals surface area (Å²) in [6, 6.07) is 5.02. The molecule has 0 heterocycles. The predicted octanol–water partition coefficient (Wildman–Crippen LogP) is 1.44. The Morgan fingerprint density at radius 3 is 2.44 bits per heavy atom. The number of hydrogen-bond acceptors (Lipinski definition) is 3. The minimum Gasteiger partial charge on any atom is -0.464 e. The largest absolute Gasteiger partial charge is 0.464 e. The van der Waals surface area contributed by atoms with Gasteiger partial charge < -0.3 is 10.1 Å². The summed E-state index contributed by atoms with van der Waals surface area (Å²) in [4.78, 5) is 22.7. The van der Waals surface area contributed by atoms with Crippen LogP contribution in [-0.4, -0.2) is 24.5 Å². The summed E-state index contributed by atoms with van der Waals surface area (Å²) in [6.45, 7) is 3.27. The fourth-order valence-corrected chi connectivity index (χ4v) is 1.54. The Hall–Kier alpha value is -1.91. The van der Waals surface area contributed by atoms with E-state index in [-0.39, 0.29) is 24.8 Å². The van der Waals surface area contributed by atoms with Crippen LogP contribution in [0.4, 0.5) is 4.39 Å². The van der Waals surface area contributed by atoms with Crippen molar-refractivity contribution in [2.45, 2.75) is 26.3 Å². The van der Waals surface area contributed by atoms with Gasteiger partial charge in [0.1, 0.15) is 11.9 Å². The van der Waals surface area contributed by atoms with E-state index in [9.17, 15) is 14.0 Å². The van der Waals surface area contributed by atoms with Gasteiger partial charge >= 0.3 is 5.97 Å². The number of amides is 1. The van der Waals surface area contributed by atoms with Gasteiger partial charge in [-0.25, -0.2) is 9.18 Å². The summed E-state index contributed by atoms with van der Waals surface area (Å²) in [5.74, 6) is -1.14. The van der Waals surface area contributed by atoms with Gasteiger partial charge in [-0.2, -0.15) is 0 Å². The maximum absolute atomic E-state index is 12.8. The van der Waals surface area contributed by atoms with Crippen molar-refractivity contribution in [1.29, 1.82) is 0 Å². The summed E-state index contributed by atoms with van der Waals surface area (Å²) in [5.41, 5.74) is 0.753. The Bertz CT molecular complexity index is 417. The van der Waals surface area contributed by atoms with Crippen LogP contribution in [0.1, 0.15) is 19.4 Å². The van der Waals surface area contributed by atoms with E-state index in [1.54, 1.807) is 19.1 Å². The summed E-state index contributed by atoms with van der Waals surface area (Å²) in [7, 11) is 0. The van der Waals surface area contributed by atoms with Crippen molar-refractivity contribution in [3.05, 3.63) is 35.6 Å². The van der Waals surface area contributed by atoms with E-state index >= 15 is 0 Å². The lowest BCUT2D eigenvalue weighted by atomic mass is 10.1. The van der Waals surface area contributed by atoms with Crippen molar-refractivity contribution >= 4 is 11.9 Å². The van der Waals surface area contributed by atoms with Crippen LogP contribution >= 0.6 is 0 Å². The molecule has 0 saturated heterocycles. The Morgan fingerprint density at radius 1 is 1.33 bits per heavy atom. The van der Waals surface area contributed by atoms with E-state index in [0.29, 0.717) is 0 Å². The van der Waals surface area contributed by atoms with Gasteiger partial charge in [0.2, 0.25) is 5.91 Å². The minimum absolute atomic E-state index is 0.248. The van der Waals surface area contributed by atoms with Crippen LogP contribution < -0.4 is 5.32 Å². The number of ether oxygens (including phenoxy) is 1. The van der Waals surface area contributed by atoms with Crippen molar-refractivity contribution in [2.24, 2.45) is 0 Å². The zero-order valence-electron chi connectivity index (χ0n) is 10.4. The van der Waals surface area contributed by atoms with Crippen LogP contribution in [0.3, 0.4) is 0 Å². The Kier molecular flexibility index (Phi) is 5.30. The Balaban J connectivity index is 2.74. The van der Waals surface area contributed by atoms with E-state index in [0.717, 1.165) is 5.56 Å². The summed E-state index contributed by atoms with van der Waals surface area (Å²) in [5, 5.41) is 2.52. The van der Waals surface area contributed by atoms with Crippen molar-refractivity contribution in [3.63, 3.8) is 0 Å². The monoisotopic (exact) mass is 253 g/mol. The lowest BCUT2D eigenvalue weighted by molar-refractivity contribution is -0.147. The zero-order valence-corrected chi connectivity index (χ0v) is 10.4. The van der Waals surface area contributed by atoms with Crippen molar-refractivity contribution < 1.29 is 18.7 Å². The molecule has 0 bridgehead atoms. The van der Waals surface area contributed by atoms with Crippen LogP contribution in [0, 0.1) is 5.82 Å². The van der Waals surface area contributed by atoms with Crippen LogP contribution in [0.15, 0.2) is 24.3 Å². The van der Waals surface area contributed by atoms with Gasteiger partial charge in [-0.15, -0.1) is 0 Å². The highest BCUT2D eigenvalue weighted by atomic mass is 19.1. The third-order valence-electron chi connectivity index (χ3n) is 2.30. The second-order valence-electron chi connectivity index (χ2n) is 3.84. The van der Waals surface area contributed by atoms with Gasteiger partial charge in [0.25, 0.3) is 0 Å². The molecule has 0 aliphatic heterocycles. The molecule has 0 fully saturated rings. The van der Waals surface area contributed by atoms with Crippen molar-refractivity contribution in [3.8, 4) is 0 Å². The van der Waals surface area contributed by atoms with E-state index in [2.05, 4.69) is 5.32 Å². The number of hydrogen-bond donors (Lipinski definition) is 1. The molecule has 1 aromatic rings. The maximum atomic E-state index is 12.8. The number of esters is 1. The lowest BCUT2D eigenvalue weighted by Gasteiger charge is -2.16. The lowest BCUT2D eigenvalue weighted by Crippen LogP contribution is -2.42. The van der Waals surface area contributed by atoms with Crippen LogP contribution in [0.25, 0.3) is 0 Å². The predicted molar refractivity (Wildman–Crippen MR) is 64.3 cm³/mol. The fourth-order valence-electron chi connectivity index (χ4n) is 1.54. The van der Waals surface area contributed by atoms with E-state index in [1.807, 2.05) is 0 Å². The molecule has 5 heteroatoms. The molecule has 1 atom stereocenters. The number of carbonyl (C=O) groups is 2. The van der Waals surface area contributed by atoms with Crippen molar-refractivity contribution in [1.82, 2.24) is 5.32 Å². The first kappa shape index (κ1) is 14.2. The molecule has 0 spiro atoms. The van der Waals surface area contributed by atoms with Crippen LogP contribution in [-0.2, 0) is 20.7 Å². The number of halogens is 1. The molecule has 1 amide bonds. The molecule has 1 N–H and O–H groups in total. The molecule has 0 saturated carbocycles. The molecule has 4 nitrogen and oxygen atoms in total. The van der Waals surface area contributed by atoms with Gasteiger partial charge in [-0.1, -0.05) is 12.1 Å². The number of benzene rings is 1. The maximum Gasteiger partial charge on any atom is 0.328 e. The van der Waals surface area contributed by atoms with E-state index in [4.69, 9.17) is 4.74 Å². The molecule has 0 aromatic heterocycles. The molecule has 18 heavy (non-hydrogen) atoms. The van der Waals surface area contributed by atoms with Gasteiger partial charge in [0.15, 0.2) is 0 Å². The molecule has 0 unspecified atom stereocenters. The summed E-state index contributed by atoms with van der Waals surface area (Å²) >= 11 is 0. The van der Waals surface area contributed by atoms with Crippen molar-refractivity contribution in [2.75, 3.05) is 6.61 Å². The molecule has 1 aromatic carbocycles. The Morgan fingerprint density at radius 2 is 1.94 bits per heavy atom. The second-order valence-corrected chi connectivity index (χ2v) is 3.84. The first-order chi connectivity index (χ1) is 8.52. The molecular formula is C13H16FNO3. The average Bonchev–Trinajstić information content (AvgIpc) is 2.31. The quantitative estimate of drug-likeness (QED) is 0.808. The molecule has 0 radical (unpaired) electrons. The van der Waals surface area contributed by atoms with Gasteiger partial charge in [-0.3, -0.25) is 4.79 Å².